The van der Waals surface area contributed by atoms with E-state index in [0.29, 0.717) is 18.9 Å². The van der Waals surface area contributed by atoms with Crippen LogP contribution in [0.5, 0.6) is 0 Å². The van der Waals surface area contributed by atoms with Crippen molar-refractivity contribution in [2.75, 3.05) is 13.6 Å². The third-order valence-corrected chi connectivity index (χ3v) is 5.68. The first kappa shape index (κ1) is 19.8. The quantitative estimate of drug-likeness (QED) is 0.599. The molecular weight excluding hydrogens is 370 g/mol. The molecule has 1 aromatic heterocycles. The van der Waals surface area contributed by atoms with Crippen LogP contribution in [0.25, 0.3) is 22.6 Å². The van der Waals surface area contributed by atoms with E-state index >= 15 is 0 Å². The van der Waals surface area contributed by atoms with Gasteiger partial charge in [-0.1, -0.05) is 55.5 Å². The fourth-order valence-corrected chi connectivity index (χ4v) is 4.24. The topological polar surface area (TPSA) is 57.0 Å². The number of amides is 1. The highest BCUT2D eigenvalue weighted by Crippen LogP contribution is 2.38. The summed E-state index contributed by atoms with van der Waals surface area (Å²) in [4.78, 5) is 20.1. The van der Waals surface area contributed by atoms with Crippen LogP contribution >= 0.6 is 0 Å². The smallest absolute Gasteiger partial charge is 0.254 e. The minimum Gasteiger partial charge on any atom is -0.341 e. The fourth-order valence-electron chi connectivity index (χ4n) is 4.24. The van der Waals surface area contributed by atoms with Gasteiger partial charge in [0.05, 0.1) is 29.3 Å². The van der Waals surface area contributed by atoms with Gasteiger partial charge >= 0.3 is 0 Å². The van der Waals surface area contributed by atoms with Gasteiger partial charge in [0.2, 0.25) is 0 Å². The van der Waals surface area contributed by atoms with Crippen LogP contribution in [0.4, 0.5) is 0 Å². The summed E-state index contributed by atoms with van der Waals surface area (Å²) in [6.45, 7) is 2.65. The van der Waals surface area contributed by atoms with Crippen LogP contribution in [0.15, 0.2) is 54.6 Å². The molecule has 1 heterocycles. The number of nitrogens with zero attached hydrogens (tertiary/aromatic N) is 3. The summed E-state index contributed by atoms with van der Waals surface area (Å²) in [6.07, 6.45) is 4.28. The Balaban J connectivity index is 1.92. The minimum atomic E-state index is -0.0340. The van der Waals surface area contributed by atoms with E-state index in [9.17, 15) is 4.79 Å². The number of benzene rings is 2. The molecule has 1 unspecified atom stereocenters. The minimum absolute atomic E-state index is 0.0340. The predicted molar refractivity (Wildman–Crippen MR) is 121 cm³/mol. The second-order valence-corrected chi connectivity index (χ2v) is 8.06. The van der Waals surface area contributed by atoms with Gasteiger partial charge in [0.25, 0.3) is 5.91 Å². The SMILES string of the molecule is CC1CC(=Cc2ccccc2)c2nc3ccccc3c(C(=O)N(C)CCC#N)c2C1. The van der Waals surface area contributed by atoms with E-state index in [2.05, 4.69) is 31.2 Å². The van der Waals surface area contributed by atoms with E-state index in [1.807, 2.05) is 42.5 Å². The molecule has 0 aliphatic heterocycles. The van der Waals surface area contributed by atoms with E-state index in [0.717, 1.165) is 46.1 Å². The van der Waals surface area contributed by atoms with Crippen LogP contribution in [0.2, 0.25) is 0 Å². The maximum Gasteiger partial charge on any atom is 0.254 e. The molecule has 0 saturated heterocycles. The lowest BCUT2D eigenvalue weighted by Crippen LogP contribution is -2.30. The lowest BCUT2D eigenvalue weighted by atomic mass is 9.80. The number of rotatable bonds is 4. The van der Waals surface area contributed by atoms with Gasteiger partial charge in [-0.25, -0.2) is 4.98 Å². The first-order valence-electron chi connectivity index (χ1n) is 10.4. The number of aromatic nitrogens is 1. The van der Waals surface area contributed by atoms with Crippen molar-refractivity contribution < 1.29 is 4.79 Å². The average Bonchev–Trinajstić information content (AvgIpc) is 2.76. The van der Waals surface area contributed by atoms with E-state index in [4.69, 9.17) is 10.2 Å². The standard InChI is InChI=1S/C26H25N3O/c1-18-15-20(17-19-9-4-3-5-10-19)25-22(16-18)24(26(30)29(2)14-8-13-27)21-11-6-7-12-23(21)28-25/h3-7,9-12,17-18H,8,14-16H2,1-2H3. The van der Waals surface area contributed by atoms with Crippen molar-refractivity contribution in [2.24, 2.45) is 5.92 Å². The zero-order valence-electron chi connectivity index (χ0n) is 17.4. The van der Waals surface area contributed by atoms with Crippen LogP contribution < -0.4 is 0 Å². The molecule has 150 valence electrons. The predicted octanol–water partition coefficient (Wildman–Crippen LogP) is 5.34. The summed E-state index contributed by atoms with van der Waals surface area (Å²) in [6, 6.07) is 20.3. The number of nitriles is 1. The second kappa shape index (κ2) is 8.51. The highest BCUT2D eigenvalue weighted by atomic mass is 16.2. The van der Waals surface area contributed by atoms with E-state index < -0.39 is 0 Å². The Bertz CT molecular complexity index is 1160. The van der Waals surface area contributed by atoms with Gasteiger partial charge in [-0.15, -0.1) is 0 Å². The molecule has 30 heavy (non-hydrogen) atoms. The number of allylic oxidation sites excluding steroid dienone is 1. The van der Waals surface area contributed by atoms with Crippen LogP contribution in [0, 0.1) is 17.2 Å². The van der Waals surface area contributed by atoms with Gasteiger partial charge in [-0.2, -0.15) is 5.26 Å². The molecule has 2 aromatic carbocycles. The Morgan fingerprint density at radius 3 is 2.67 bits per heavy atom. The van der Waals surface area contributed by atoms with Crippen molar-refractivity contribution in [1.82, 2.24) is 9.88 Å². The van der Waals surface area contributed by atoms with Crippen LogP contribution in [0.1, 0.15) is 46.9 Å². The normalized spacial score (nSPS) is 16.8. The number of para-hydroxylation sites is 1. The van der Waals surface area contributed by atoms with Crippen LogP contribution in [0.3, 0.4) is 0 Å². The monoisotopic (exact) mass is 395 g/mol. The number of fused-ring (bicyclic) bond motifs is 2. The van der Waals surface area contributed by atoms with Crippen molar-refractivity contribution in [3.63, 3.8) is 0 Å². The zero-order chi connectivity index (χ0) is 21.1. The van der Waals surface area contributed by atoms with Gasteiger partial charge < -0.3 is 4.90 Å². The summed E-state index contributed by atoms with van der Waals surface area (Å²) in [7, 11) is 1.77. The first-order valence-corrected chi connectivity index (χ1v) is 10.4. The van der Waals surface area contributed by atoms with Crippen molar-refractivity contribution in [3.05, 3.63) is 77.0 Å². The van der Waals surface area contributed by atoms with E-state index in [-0.39, 0.29) is 5.91 Å². The molecule has 4 heteroatoms. The second-order valence-electron chi connectivity index (χ2n) is 8.06. The summed E-state index contributed by atoms with van der Waals surface area (Å²) >= 11 is 0. The number of carbonyl (C=O) groups excluding carboxylic acids is 1. The Morgan fingerprint density at radius 2 is 1.90 bits per heavy atom. The molecule has 0 fully saturated rings. The molecule has 4 rings (SSSR count). The summed E-state index contributed by atoms with van der Waals surface area (Å²) in [5.41, 5.74) is 5.86. The maximum atomic E-state index is 13.5. The maximum absolute atomic E-state index is 13.5. The largest absolute Gasteiger partial charge is 0.341 e. The van der Waals surface area contributed by atoms with Gasteiger partial charge in [0.1, 0.15) is 0 Å². The zero-order valence-corrected chi connectivity index (χ0v) is 17.4. The molecule has 0 saturated carbocycles. The summed E-state index contributed by atoms with van der Waals surface area (Å²) in [5.74, 6) is 0.389. The molecule has 1 atom stereocenters. The van der Waals surface area contributed by atoms with Crippen molar-refractivity contribution in [1.29, 1.82) is 5.26 Å². The van der Waals surface area contributed by atoms with Gasteiger partial charge in [0, 0.05) is 19.0 Å². The Labute approximate surface area is 177 Å². The lowest BCUT2D eigenvalue weighted by Gasteiger charge is -2.28. The number of carbonyl (C=O) groups is 1. The Kier molecular flexibility index (Phi) is 5.63. The third kappa shape index (κ3) is 3.84. The van der Waals surface area contributed by atoms with Crippen LogP contribution in [-0.2, 0) is 6.42 Å². The van der Waals surface area contributed by atoms with Crippen molar-refractivity contribution >= 4 is 28.5 Å². The molecule has 0 radical (unpaired) electrons. The number of pyridine rings is 1. The molecule has 0 N–H and O–H groups in total. The molecule has 4 nitrogen and oxygen atoms in total. The lowest BCUT2D eigenvalue weighted by molar-refractivity contribution is 0.0798. The first-order chi connectivity index (χ1) is 14.6. The summed E-state index contributed by atoms with van der Waals surface area (Å²) < 4.78 is 0. The van der Waals surface area contributed by atoms with Gasteiger partial charge in [0.15, 0.2) is 0 Å². The molecule has 1 amide bonds. The number of hydrogen-bond acceptors (Lipinski definition) is 3. The van der Waals surface area contributed by atoms with E-state index in [1.165, 1.54) is 5.57 Å². The van der Waals surface area contributed by atoms with Crippen molar-refractivity contribution in [2.45, 2.75) is 26.2 Å². The highest BCUT2D eigenvalue weighted by molar-refractivity contribution is 6.09. The van der Waals surface area contributed by atoms with Gasteiger partial charge in [-0.05, 0) is 47.6 Å². The van der Waals surface area contributed by atoms with E-state index in [1.54, 1.807) is 11.9 Å². The number of hydrogen-bond donors (Lipinski definition) is 0. The molecule has 0 bridgehead atoms. The van der Waals surface area contributed by atoms with Crippen LogP contribution in [-0.4, -0.2) is 29.4 Å². The van der Waals surface area contributed by atoms with Gasteiger partial charge in [-0.3, -0.25) is 4.79 Å². The summed E-state index contributed by atoms with van der Waals surface area (Å²) in [5, 5.41) is 9.82. The Hall–Kier alpha value is -3.45. The van der Waals surface area contributed by atoms with Crippen molar-refractivity contribution in [3.8, 4) is 6.07 Å². The molecule has 1 aliphatic rings. The average molecular weight is 396 g/mol. The molecule has 1 aliphatic carbocycles. The Morgan fingerprint density at radius 1 is 1.17 bits per heavy atom. The molecular formula is C26H25N3O. The molecule has 3 aromatic rings. The highest BCUT2D eigenvalue weighted by Gasteiger charge is 2.29. The molecule has 0 spiro atoms. The third-order valence-electron chi connectivity index (χ3n) is 5.68. The fraction of sp³-hybridized carbons (Fsp3) is 0.269.